The van der Waals surface area contributed by atoms with Crippen LogP contribution in [0.1, 0.15) is 36.3 Å². The number of imidazole rings is 1. The smallest absolute Gasteiger partial charge is 0.339 e. The Kier molecular flexibility index (Phi) is 7.51. The number of amides is 1. The van der Waals surface area contributed by atoms with Crippen LogP contribution in [0.15, 0.2) is 53.9 Å². The minimum Gasteiger partial charge on any atom is -0.466 e. The van der Waals surface area contributed by atoms with Gasteiger partial charge in [-0.05, 0) is 31.5 Å². The molecule has 0 saturated carbocycles. The highest BCUT2D eigenvalue weighted by Crippen LogP contribution is 2.25. The zero-order chi connectivity index (χ0) is 24.8. The van der Waals surface area contributed by atoms with Gasteiger partial charge in [-0.15, -0.1) is 11.3 Å². The van der Waals surface area contributed by atoms with Crippen LogP contribution in [0.2, 0.25) is 0 Å². The van der Waals surface area contributed by atoms with Crippen molar-refractivity contribution < 1.29 is 23.9 Å². The number of benzene rings is 2. The number of ether oxygens (including phenoxy) is 2. The van der Waals surface area contributed by atoms with Crippen LogP contribution in [0.5, 0.6) is 0 Å². The number of rotatable bonds is 9. The topological polar surface area (TPSA) is 123 Å². The fourth-order valence-electron chi connectivity index (χ4n) is 3.45. The lowest BCUT2D eigenvalue weighted by atomic mass is 10.1. The average Bonchev–Trinajstić information content (AvgIpc) is 3.49. The molecule has 35 heavy (non-hydrogen) atoms. The Hall–Kier alpha value is -4.05. The zero-order valence-electron chi connectivity index (χ0n) is 19.2. The average molecular weight is 493 g/mol. The molecule has 2 heterocycles. The molecule has 1 amide bonds. The number of hydrogen-bond acceptors (Lipinski definition) is 8. The highest BCUT2D eigenvalue weighted by atomic mass is 32.1. The molecule has 0 bridgehead atoms. The molecular formula is C25H24N4O5S. The molecule has 0 saturated heterocycles. The highest BCUT2D eigenvalue weighted by molar-refractivity contribution is 7.13. The summed E-state index contributed by atoms with van der Waals surface area (Å²) in [6.45, 7) is 3.76. The lowest BCUT2D eigenvalue weighted by Crippen LogP contribution is -2.32. The number of carbonyl (C=O) groups is 3. The second-order valence-corrected chi connectivity index (χ2v) is 8.42. The van der Waals surface area contributed by atoms with E-state index in [1.54, 1.807) is 43.5 Å². The number of hydrogen-bond donors (Lipinski definition) is 2. The van der Waals surface area contributed by atoms with E-state index in [4.69, 9.17) is 9.47 Å². The van der Waals surface area contributed by atoms with Crippen molar-refractivity contribution in [1.29, 1.82) is 0 Å². The number of para-hydroxylation sites is 2. The summed E-state index contributed by atoms with van der Waals surface area (Å²) in [5.74, 6) is -0.989. The second kappa shape index (κ2) is 10.9. The highest BCUT2D eigenvalue weighted by Gasteiger charge is 2.25. The Labute approximate surface area is 205 Å². The number of aromatic nitrogens is 3. The number of fused-ring (bicyclic) bond motifs is 1. The fraction of sp³-hybridized carbons (Fsp3) is 0.240. The maximum Gasteiger partial charge on any atom is 0.339 e. The van der Waals surface area contributed by atoms with Gasteiger partial charge in [-0.3, -0.25) is 14.9 Å². The largest absolute Gasteiger partial charge is 0.466 e. The lowest BCUT2D eigenvalue weighted by Gasteiger charge is -2.16. The molecule has 9 nitrogen and oxygen atoms in total. The Morgan fingerprint density at radius 1 is 1.06 bits per heavy atom. The predicted octanol–water partition coefficient (Wildman–Crippen LogP) is 4.37. The van der Waals surface area contributed by atoms with Crippen LogP contribution < -0.4 is 5.32 Å². The number of carbonyl (C=O) groups excluding carboxylic acids is 3. The molecular weight excluding hydrogens is 468 g/mol. The Morgan fingerprint density at radius 3 is 2.60 bits per heavy atom. The van der Waals surface area contributed by atoms with Crippen LogP contribution in [0.25, 0.3) is 22.4 Å². The van der Waals surface area contributed by atoms with Gasteiger partial charge < -0.3 is 14.5 Å². The fourth-order valence-corrected chi connectivity index (χ4v) is 4.17. The van der Waals surface area contributed by atoms with Gasteiger partial charge in [0.15, 0.2) is 11.2 Å². The number of nitrogens with zero attached hydrogens (tertiary/aromatic N) is 2. The molecule has 10 heteroatoms. The molecule has 0 aliphatic carbocycles. The van der Waals surface area contributed by atoms with Crippen LogP contribution in [0.4, 0.5) is 5.13 Å². The van der Waals surface area contributed by atoms with Crippen molar-refractivity contribution in [3.8, 4) is 11.4 Å². The van der Waals surface area contributed by atoms with Crippen molar-refractivity contribution in [2.45, 2.75) is 32.8 Å². The first kappa shape index (κ1) is 24.1. The molecule has 0 spiro atoms. The van der Waals surface area contributed by atoms with Gasteiger partial charge in [0, 0.05) is 10.9 Å². The van der Waals surface area contributed by atoms with Crippen molar-refractivity contribution in [3.63, 3.8) is 0 Å². The third-order valence-corrected chi connectivity index (χ3v) is 5.92. The van der Waals surface area contributed by atoms with Crippen molar-refractivity contribution in [3.05, 3.63) is 65.2 Å². The number of nitrogens with one attached hydrogen (secondary N) is 2. The first-order chi connectivity index (χ1) is 17.0. The van der Waals surface area contributed by atoms with Gasteiger partial charge >= 0.3 is 11.9 Å². The standard InChI is InChI=1S/C25H24N4O5S/c1-3-20(23(31)29-25-26-15(14-35-25)13-21(30)33-4-2)34-24(32)17-10-6-5-9-16(17)22-27-18-11-7-8-12-19(18)28-22/h5-12,14,20H,3-4,13H2,1-2H3,(H,27,28)(H,26,29,31). The Morgan fingerprint density at radius 2 is 1.83 bits per heavy atom. The molecule has 2 aromatic heterocycles. The van der Waals surface area contributed by atoms with Crippen LogP contribution >= 0.6 is 11.3 Å². The minimum atomic E-state index is -1.02. The van der Waals surface area contributed by atoms with Gasteiger partial charge in [0.05, 0.1) is 35.3 Å². The third-order valence-electron chi connectivity index (χ3n) is 5.12. The van der Waals surface area contributed by atoms with Gasteiger partial charge in [0.25, 0.3) is 5.91 Å². The summed E-state index contributed by atoms with van der Waals surface area (Å²) in [4.78, 5) is 49.5. The van der Waals surface area contributed by atoms with Crippen LogP contribution in [0.3, 0.4) is 0 Å². The van der Waals surface area contributed by atoms with E-state index >= 15 is 0 Å². The molecule has 0 fully saturated rings. The monoisotopic (exact) mass is 492 g/mol. The van der Waals surface area contributed by atoms with Crippen LogP contribution in [-0.2, 0) is 25.5 Å². The van der Waals surface area contributed by atoms with Crippen molar-refractivity contribution in [2.75, 3.05) is 11.9 Å². The lowest BCUT2D eigenvalue weighted by molar-refractivity contribution is -0.142. The molecule has 0 aliphatic rings. The Bertz CT molecular complexity index is 1330. The van der Waals surface area contributed by atoms with Crippen LogP contribution in [0, 0.1) is 0 Å². The number of thiazole rings is 1. The van der Waals surface area contributed by atoms with Gasteiger partial charge in [0.2, 0.25) is 0 Å². The number of aromatic amines is 1. The molecule has 0 radical (unpaired) electrons. The number of H-pyrrole nitrogens is 1. The van der Waals surface area contributed by atoms with E-state index in [-0.39, 0.29) is 25.4 Å². The van der Waals surface area contributed by atoms with E-state index < -0.39 is 18.0 Å². The summed E-state index contributed by atoms with van der Waals surface area (Å²) in [5, 5.41) is 4.64. The minimum absolute atomic E-state index is 0.0188. The van der Waals surface area contributed by atoms with Crippen molar-refractivity contribution >= 4 is 45.3 Å². The third kappa shape index (κ3) is 5.72. The van der Waals surface area contributed by atoms with E-state index in [2.05, 4.69) is 20.3 Å². The summed E-state index contributed by atoms with van der Waals surface area (Å²) >= 11 is 1.18. The molecule has 1 unspecified atom stereocenters. The van der Waals surface area contributed by atoms with Gasteiger partial charge in [-0.1, -0.05) is 37.3 Å². The van der Waals surface area contributed by atoms with Gasteiger partial charge in [0.1, 0.15) is 5.82 Å². The van der Waals surface area contributed by atoms with Crippen LogP contribution in [-0.4, -0.2) is 45.5 Å². The first-order valence-electron chi connectivity index (χ1n) is 11.1. The van der Waals surface area contributed by atoms with E-state index in [9.17, 15) is 14.4 Å². The first-order valence-corrected chi connectivity index (χ1v) is 12.0. The molecule has 1 atom stereocenters. The SMILES string of the molecule is CCOC(=O)Cc1csc(NC(=O)C(CC)OC(=O)c2ccccc2-c2nc3ccccc3[nH]2)n1. The van der Waals surface area contributed by atoms with Crippen molar-refractivity contribution in [2.24, 2.45) is 0 Å². The van der Waals surface area contributed by atoms with Crippen molar-refractivity contribution in [1.82, 2.24) is 15.0 Å². The summed E-state index contributed by atoms with van der Waals surface area (Å²) in [7, 11) is 0. The Balaban J connectivity index is 1.46. The van der Waals surface area contributed by atoms with Gasteiger partial charge in [-0.2, -0.15) is 0 Å². The van der Waals surface area contributed by atoms with E-state index in [0.29, 0.717) is 27.8 Å². The maximum absolute atomic E-state index is 13.1. The quantitative estimate of drug-likeness (QED) is 0.333. The summed E-state index contributed by atoms with van der Waals surface area (Å²) in [6, 6.07) is 14.5. The van der Waals surface area contributed by atoms with E-state index in [0.717, 1.165) is 11.0 Å². The van der Waals surface area contributed by atoms with E-state index in [1.165, 1.54) is 11.3 Å². The zero-order valence-corrected chi connectivity index (χ0v) is 20.1. The summed E-state index contributed by atoms with van der Waals surface area (Å²) < 4.78 is 10.5. The molecule has 0 aliphatic heterocycles. The summed E-state index contributed by atoms with van der Waals surface area (Å²) in [6.07, 6.45) is -0.736. The molecule has 4 rings (SSSR count). The summed E-state index contributed by atoms with van der Waals surface area (Å²) in [5.41, 5.74) is 2.99. The number of anilines is 1. The second-order valence-electron chi connectivity index (χ2n) is 7.57. The maximum atomic E-state index is 13.1. The van der Waals surface area contributed by atoms with Gasteiger partial charge in [-0.25, -0.2) is 14.8 Å². The molecule has 180 valence electrons. The molecule has 2 aromatic carbocycles. The molecule has 4 aromatic rings. The molecule has 2 N–H and O–H groups in total. The van der Waals surface area contributed by atoms with E-state index in [1.807, 2.05) is 24.3 Å². The normalized spacial score (nSPS) is 11.7. The predicted molar refractivity (Wildman–Crippen MR) is 132 cm³/mol. The number of esters is 2.